The van der Waals surface area contributed by atoms with E-state index >= 15 is 0 Å². The molecule has 3 atom stereocenters. The summed E-state index contributed by atoms with van der Waals surface area (Å²) in [6, 6.07) is 0.320. The van der Waals surface area contributed by atoms with E-state index in [0.29, 0.717) is 18.5 Å². The number of fused-ring (bicyclic) bond motifs is 1. The van der Waals surface area contributed by atoms with Crippen molar-refractivity contribution in [3.05, 3.63) is 12.2 Å². The Morgan fingerprint density at radius 3 is 3.14 bits per heavy atom. The molecule has 1 aliphatic heterocycles. The molecule has 2 aliphatic rings. The summed E-state index contributed by atoms with van der Waals surface area (Å²) in [6.45, 7) is 4.42. The lowest BCUT2D eigenvalue weighted by Gasteiger charge is -2.25. The smallest absolute Gasteiger partial charge is 0.191 e. The van der Waals surface area contributed by atoms with Crippen molar-refractivity contribution in [2.45, 2.75) is 57.7 Å². The molecule has 0 saturated heterocycles. The third-order valence-corrected chi connectivity index (χ3v) is 4.59. The Morgan fingerprint density at radius 2 is 2.36 bits per heavy atom. The minimum Gasteiger partial charge on any atom is -0.393 e. The van der Waals surface area contributed by atoms with Crippen molar-refractivity contribution < 1.29 is 5.11 Å². The Hall–Kier alpha value is -1.63. The standard InChI is InChI=1S/C15H26N6O/c1-2-16-15(17-8-11-4-3-5-13(11)22)20-12-6-7-14-18-10-19-21(14)9-12/h10-13,22H,2-9H2,1H3,(H2,16,17,20). The summed E-state index contributed by atoms with van der Waals surface area (Å²) in [5.41, 5.74) is 0. The van der Waals surface area contributed by atoms with E-state index in [0.717, 1.165) is 57.0 Å². The number of aliphatic hydroxyl groups excluding tert-OH is 1. The molecule has 0 bridgehead atoms. The summed E-state index contributed by atoms with van der Waals surface area (Å²) in [5, 5.41) is 21.0. The lowest BCUT2D eigenvalue weighted by molar-refractivity contribution is 0.136. The van der Waals surface area contributed by atoms with Crippen LogP contribution in [0.2, 0.25) is 0 Å². The zero-order chi connectivity index (χ0) is 15.4. The van der Waals surface area contributed by atoms with Crippen LogP contribution in [0.15, 0.2) is 11.3 Å². The highest BCUT2D eigenvalue weighted by molar-refractivity contribution is 5.80. The van der Waals surface area contributed by atoms with Crippen molar-refractivity contribution in [3.63, 3.8) is 0 Å². The molecule has 1 saturated carbocycles. The molecule has 7 nitrogen and oxygen atoms in total. The van der Waals surface area contributed by atoms with Gasteiger partial charge in [-0.05, 0) is 26.2 Å². The quantitative estimate of drug-likeness (QED) is 0.550. The number of hydrogen-bond donors (Lipinski definition) is 3. The van der Waals surface area contributed by atoms with Gasteiger partial charge in [-0.1, -0.05) is 6.42 Å². The highest BCUT2D eigenvalue weighted by Crippen LogP contribution is 2.25. The number of rotatable bonds is 4. The summed E-state index contributed by atoms with van der Waals surface area (Å²) in [5.74, 6) is 2.22. The van der Waals surface area contributed by atoms with Crippen molar-refractivity contribution in [1.29, 1.82) is 0 Å². The molecule has 1 fully saturated rings. The lowest BCUT2D eigenvalue weighted by Crippen LogP contribution is -2.47. The molecule has 3 rings (SSSR count). The number of aryl methyl sites for hydroxylation is 1. The lowest BCUT2D eigenvalue weighted by atomic mass is 10.1. The Balaban J connectivity index is 1.57. The number of guanidine groups is 1. The summed E-state index contributed by atoms with van der Waals surface area (Å²) < 4.78 is 1.96. The van der Waals surface area contributed by atoms with Crippen LogP contribution < -0.4 is 10.6 Å². The van der Waals surface area contributed by atoms with Gasteiger partial charge in [0.2, 0.25) is 0 Å². The molecule has 0 radical (unpaired) electrons. The van der Waals surface area contributed by atoms with E-state index in [4.69, 9.17) is 0 Å². The average Bonchev–Trinajstić information content (AvgIpc) is 3.13. The molecular formula is C15H26N6O. The van der Waals surface area contributed by atoms with Crippen molar-refractivity contribution in [2.24, 2.45) is 10.9 Å². The zero-order valence-corrected chi connectivity index (χ0v) is 13.2. The Labute approximate surface area is 131 Å². The van der Waals surface area contributed by atoms with Crippen molar-refractivity contribution in [3.8, 4) is 0 Å². The van der Waals surface area contributed by atoms with Crippen molar-refractivity contribution >= 4 is 5.96 Å². The minimum atomic E-state index is -0.181. The Kier molecular flexibility index (Phi) is 4.92. The maximum atomic E-state index is 9.91. The second kappa shape index (κ2) is 7.09. The molecule has 0 aromatic carbocycles. The first-order valence-electron chi connectivity index (χ1n) is 8.36. The molecule has 1 aliphatic carbocycles. The fraction of sp³-hybridized carbons (Fsp3) is 0.800. The van der Waals surface area contributed by atoms with Gasteiger partial charge in [-0.2, -0.15) is 5.10 Å². The van der Waals surface area contributed by atoms with Gasteiger partial charge in [0.25, 0.3) is 0 Å². The molecular weight excluding hydrogens is 280 g/mol. The molecule has 3 unspecified atom stereocenters. The summed E-state index contributed by atoms with van der Waals surface area (Å²) in [4.78, 5) is 8.93. The van der Waals surface area contributed by atoms with E-state index in [9.17, 15) is 5.11 Å². The van der Waals surface area contributed by atoms with Gasteiger partial charge in [0.05, 0.1) is 12.6 Å². The van der Waals surface area contributed by atoms with Gasteiger partial charge in [-0.3, -0.25) is 4.99 Å². The number of nitrogens with one attached hydrogen (secondary N) is 2. The Morgan fingerprint density at radius 1 is 1.45 bits per heavy atom. The van der Waals surface area contributed by atoms with Crippen LogP contribution in [0.1, 0.15) is 38.4 Å². The SMILES string of the molecule is CCNC(=NCC1CCCC1O)NC1CCc2ncnn2C1. The van der Waals surface area contributed by atoms with Gasteiger partial charge in [-0.25, -0.2) is 9.67 Å². The van der Waals surface area contributed by atoms with Crippen LogP contribution in [-0.4, -0.2) is 51.1 Å². The van der Waals surface area contributed by atoms with Gasteiger partial charge in [0.15, 0.2) is 5.96 Å². The molecule has 1 aromatic heterocycles. The third-order valence-electron chi connectivity index (χ3n) is 4.59. The second-order valence-corrected chi connectivity index (χ2v) is 6.22. The molecule has 0 amide bonds. The topological polar surface area (TPSA) is 87.4 Å². The maximum absolute atomic E-state index is 9.91. The van der Waals surface area contributed by atoms with E-state index < -0.39 is 0 Å². The summed E-state index contributed by atoms with van der Waals surface area (Å²) >= 11 is 0. The van der Waals surface area contributed by atoms with Crippen LogP contribution in [0.4, 0.5) is 0 Å². The molecule has 0 spiro atoms. The van der Waals surface area contributed by atoms with Crippen LogP contribution in [0, 0.1) is 5.92 Å². The number of aromatic nitrogens is 3. The molecule has 2 heterocycles. The van der Waals surface area contributed by atoms with Crippen molar-refractivity contribution in [2.75, 3.05) is 13.1 Å². The van der Waals surface area contributed by atoms with E-state index in [1.807, 2.05) is 4.68 Å². The van der Waals surface area contributed by atoms with Gasteiger partial charge in [0, 0.05) is 31.5 Å². The fourth-order valence-corrected chi connectivity index (χ4v) is 3.31. The first-order valence-corrected chi connectivity index (χ1v) is 8.36. The predicted molar refractivity (Wildman–Crippen MR) is 84.6 cm³/mol. The molecule has 1 aromatic rings. The van der Waals surface area contributed by atoms with E-state index in [-0.39, 0.29) is 6.10 Å². The number of nitrogens with zero attached hydrogens (tertiary/aromatic N) is 4. The van der Waals surface area contributed by atoms with E-state index in [1.165, 1.54) is 0 Å². The zero-order valence-electron chi connectivity index (χ0n) is 13.2. The van der Waals surface area contributed by atoms with Crippen molar-refractivity contribution in [1.82, 2.24) is 25.4 Å². The predicted octanol–water partition coefficient (Wildman–Crippen LogP) is 0.309. The van der Waals surface area contributed by atoms with Crippen LogP contribution in [0.3, 0.4) is 0 Å². The van der Waals surface area contributed by atoms with Crippen LogP contribution in [0.25, 0.3) is 0 Å². The van der Waals surface area contributed by atoms with Gasteiger partial charge >= 0.3 is 0 Å². The first-order chi connectivity index (χ1) is 10.8. The summed E-state index contributed by atoms with van der Waals surface area (Å²) in [7, 11) is 0. The van der Waals surface area contributed by atoms with E-state index in [1.54, 1.807) is 6.33 Å². The fourth-order valence-electron chi connectivity index (χ4n) is 3.31. The summed E-state index contributed by atoms with van der Waals surface area (Å²) in [6.07, 6.45) is 6.53. The van der Waals surface area contributed by atoms with Gasteiger partial charge in [0.1, 0.15) is 12.2 Å². The van der Waals surface area contributed by atoms with Gasteiger partial charge < -0.3 is 15.7 Å². The first kappa shape index (κ1) is 15.3. The highest BCUT2D eigenvalue weighted by Gasteiger charge is 2.25. The largest absolute Gasteiger partial charge is 0.393 e. The molecule has 22 heavy (non-hydrogen) atoms. The third kappa shape index (κ3) is 3.58. The van der Waals surface area contributed by atoms with Crippen LogP contribution in [0.5, 0.6) is 0 Å². The highest BCUT2D eigenvalue weighted by atomic mass is 16.3. The minimum absolute atomic E-state index is 0.181. The molecule has 3 N–H and O–H groups in total. The molecule has 122 valence electrons. The number of aliphatic hydroxyl groups is 1. The number of hydrogen-bond acceptors (Lipinski definition) is 4. The average molecular weight is 306 g/mol. The van der Waals surface area contributed by atoms with Gasteiger partial charge in [-0.15, -0.1) is 0 Å². The molecule has 7 heteroatoms. The maximum Gasteiger partial charge on any atom is 0.191 e. The second-order valence-electron chi connectivity index (χ2n) is 6.22. The Bertz CT molecular complexity index is 514. The van der Waals surface area contributed by atoms with Crippen LogP contribution in [-0.2, 0) is 13.0 Å². The normalized spacial score (nSPS) is 28.5. The monoisotopic (exact) mass is 306 g/mol. The number of aliphatic imine (C=N–C) groups is 1. The van der Waals surface area contributed by atoms with E-state index in [2.05, 4.69) is 32.6 Å². The van der Waals surface area contributed by atoms with Crippen LogP contribution >= 0.6 is 0 Å².